The number of rotatable bonds is 4. The molecule has 0 amide bonds. The Morgan fingerprint density at radius 3 is 2.94 bits per heavy atom. The van der Waals surface area contributed by atoms with Gasteiger partial charge in [-0.25, -0.2) is 0 Å². The number of hydrogen-bond acceptors (Lipinski definition) is 2. The quantitative estimate of drug-likeness (QED) is 0.776. The number of para-hydroxylation sites is 1. The summed E-state index contributed by atoms with van der Waals surface area (Å²) in [4.78, 5) is 2.15. The molecule has 0 bridgehead atoms. The number of anilines is 1. The van der Waals surface area contributed by atoms with Crippen LogP contribution in [-0.2, 0) is 10.6 Å². The largest absolute Gasteiger partial charge is 0.376 e. The van der Waals surface area contributed by atoms with Crippen molar-refractivity contribution in [3.8, 4) is 0 Å². The van der Waals surface area contributed by atoms with Gasteiger partial charge in [0.25, 0.3) is 0 Å². The lowest BCUT2D eigenvalue weighted by Crippen LogP contribution is -2.29. The van der Waals surface area contributed by atoms with Gasteiger partial charge in [0.15, 0.2) is 0 Å². The summed E-state index contributed by atoms with van der Waals surface area (Å²) in [5.41, 5.74) is 2.10. The van der Waals surface area contributed by atoms with Crippen molar-refractivity contribution in [2.75, 3.05) is 25.1 Å². The van der Waals surface area contributed by atoms with E-state index in [0.29, 0.717) is 12.0 Å². The molecule has 0 aromatic heterocycles. The minimum absolute atomic E-state index is 0.319. The zero-order chi connectivity index (χ0) is 12.3. The molecular weight excluding hydrogens is 257 g/mol. The van der Waals surface area contributed by atoms with Crippen LogP contribution in [0.4, 0.5) is 5.69 Å². The van der Waals surface area contributed by atoms with Crippen LogP contribution in [0.25, 0.3) is 0 Å². The maximum absolute atomic E-state index is 6.25. The van der Waals surface area contributed by atoms with Crippen LogP contribution in [0.15, 0.2) is 18.2 Å². The lowest BCUT2D eigenvalue weighted by atomic mass is 10.1. The van der Waals surface area contributed by atoms with E-state index in [1.807, 2.05) is 25.2 Å². The molecule has 0 aliphatic carbocycles. The van der Waals surface area contributed by atoms with Crippen molar-refractivity contribution >= 4 is 28.9 Å². The van der Waals surface area contributed by atoms with E-state index in [2.05, 4.69) is 4.90 Å². The van der Waals surface area contributed by atoms with Crippen LogP contribution >= 0.6 is 23.2 Å². The molecule has 0 saturated carbocycles. The molecule has 1 aromatic carbocycles. The molecule has 94 valence electrons. The first-order valence-corrected chi connectivity index (χ1v) is 6.79. The molecule has 1 unspecified atom stereocenters. The van der Waals surface area contributed by atoms with Gasteiger partial charge in [0.05, 0.1) is 16.8 Å². The molecule has 4 heteroatoms. The number of likely N-dealkylation sites (N-methyl/N-ethyl adjacent to an activating group) is 1. The smallest absolute Gasteiger partial charge is 0.0750 e. The third-order valence-electron chi connectivity index (χ3n) is 3.10. The molecule has 1 aliphatic heterocycles. The Hall–Kier alpha value is -0.440. The van der Waals surface area contributed by atoms with E-state index in [4.69, 9.17) is 27.9 Å². The van der Waals surface area contributed by atoms with Crippen LogP contribution in [0.3, 0.4) is 0 Å². The van der Waals surface area contributed by atoms with Crippen LogP contribution in [0.1, 0.15) is 18.4 Å². The third kappa shape index (κ3) is 3.06. The van der Waals surface area contributed by atoms with E-state index < -0.39 is 0 Å². The SMILES string of the molecule is CN(CC1CCCO1)c1c(Cl)cccc1CCl. The highest BCUT2D eigenvalue weighted by Crippen LogP contribution is 2.31. The molecule has 0 spiro atoms. The summed E-state index contributed by atoms with van der Waals surface area (Å²) < 4.78 is 5.64. The number of ether oxygens (including phenoxy) is 1. The fourth-order valence-electron chi connectivity index (χ4n) is 2.28. The summed E-state index contributed by atoms with van der Waals surface area (Å²) in [6.45, 7) is 1.75. The first kappa shape index (κ1) is 13.0. The Labute approximate surface area is 112 Å². The first-order chi connectivity index (χ1) is 8.22. The van der Waals surface area contributed by atoms with Gasteiger partial charge in [0.2, 0.25) is 0 Å². The van der Waals surface area contributed by atoms with Crippen molar-refractivity contribution in [1.82, 2.24) is 0 Å². The highest BCUT2D eigenvalue weighted by atomic mass is 35.5. The molecular formula is C13H17Cl2NO. The monoisotopic (exact) mass is 273 g/mol. The second kappa shape index (κ2) is 5.94. The first-order valence-electron chi connectivity index (χ1n) is 5.88. The van der Waals surface area contributed by atoms with E-state index in [9.17, 15) is 0 Å². The minimum Gasteiger partial charge on any atom is -0.376 e. The van der Waals surface area contributed by atoms with Crippen LogP contribution in [-0.4, -0.2) is 26.3 Å². The van der Waals surface area contributed by atoms with E-state index in [1.54, 1.807) is 0 Å². The maximum atomic E-state index is 6.25. The molecule has 1 fully saturated rings. The number of halogens is 2. The van der Waals surface area contributed by atoms with Gasteiger partial charge in [-0.3, -0.25) is 0 Å². The summed E-state index contributed by atoms with van der Waals surface area (Å²) in [5, 5.41) is 0.753. The topological polar surface area (TPSA) is 12.5 Å². The summed E-state index contributed by atoms with van der Waals surface area (Å²) in [5.74, 6) is 0.478. The van der Waals surface area contributed by atoms with Crippen molar-refractivity contribution in [3.63, 3.8) is 0 Å². The van der Waals surface area contributed by atoms with E-state index in [1.165, 1.54) is 0 Å². The summed E-state index contributed by atoms with van der Waals surface area (Å²) in [6, 6.07) is 5.85. The Morgan fingerprint density at radius 2 is 2.29 bits per heavy atom. The highest BCUT2D eigenvalue weighted by Gasteiger charge is 2.19. The highest BCUT2D eigenvalue weighted by molar-refractivity contribution is 6.33. The fraction of sp³-hybridized carbons (Fsp3) is 0.538. The van der Waals surface area contributed by atoms with Crippen molar-refractivity contribution in [3.05, 3.63) is 28.8 Å². The van der Waals surface area contributed by atoms with Gasteiger partial charge < -0.3 is 9.64 Å². The Balaban J connectivity index is 2.14. The predicted molar refractivity (Wildman–Crippen MR) is 73.3 cm³/mol. The molecule has 1 saturated heterocycles. The minimum atomic E-state index is 0.319. The van der Waals surface area contributed by atoms with Crippen molar-refractivity contribution in [1.29, 1.82) is 0 Å². The standard InChI is InChI=1S/C13H17Cl2NO/c1-16(9-11-5-3-7-17-11)13-10(8-14)4-2-6-12(13)15/h2,4,6,11H,3,5,7-9H2,1H3. The second-order valence-electron chi connectivity index (χ2n) is 4.40. The molecule has 2 rings (SSSR count). The average Bonchev–Trinajstić information content (AvgIpc) is 2.81. The average molecular weight is 274 g/mol. The summed E-state index contributed by atoms with van der Waals surface area (Å²) in [6.07, 6.45) is 2.61. The van der Waals surface area contributed by atoms with Crippen molar-refractivity contribution in [2.45, 2.75) is 24.8 Å². The van der Waals surface area contributed by atoms with Crippen LogP contribution in [0.5, 0.6) is 0 Å². The maximum Gasteiger partial charge on any atom is 0.0750 e. The fourth-order valence-corrected chi connectivity index (χ4v) is 2.83. The van der Waals surface area contributed by atoms with Gasteiger partial charge in [-0.15, -0.1) is 11.6 Å². The number of benzene rings is 1. The van der Waals surface area contributed by atoms with E-state index in [-0.39, 0.29) is 0 Å². The molecule has 1 aliphatic rings. The predicted octanol–water partition coefficient (Wildman–Crippen LogP) is 3.69. The van der Waals surface area contributed by atoms with Gasteiger partial charge in [-0.05, 0) is 24.5 Å². The van der Waals surface area contributed by atoms with Crippen LogP contribution < -0.4 is 4.90 Å². The van der Waals surface area contributed by atoms with Crippen molar-refractivity contribution in [2.24, 2.45) is 0 Å². The van der Waals surface area contributed by atoms with Gasteiger partial charge in [-0.2, -0.15) is 0 Å². The van der Waals surface area contributed by atoms with Gasteiger partial charge >= 0.3 is 0 Å². The van der Waals surface area contributed by atoms with Crippen molar-refractivity contribution < 1.29 is 4.74 Å². The van der Waals surface area contributed by atoms with E-state index >= 15 is 0 Å². The van der Waals surface area contributed by atoms with Gasteiger partial charge in [0, 0.05) is 26.1 Å². The molecule has 1 aromatic rings. The molecule has 1 heterocycles. The lowest BCUT2D eigenvalue weighted by molar-refractivity contribution is 0.116. The molecule has 17 heavy (non-hydrogen) atoms. The Kier molecular flexibility index (Phi) is 4.55. The van der Waals surface area contributed by atoms with E-state index in [0.717, 1.165) is 42.3 Å². The molecule has 1 atom stereocenters. The number of hydrogen-bond donors (Lipinski definition) is 0. The van der Waals surface area contributed by atoms with Crippen LogP contribution in [0.2, 0.25) is 5.02 Å². The number of alkyl halides is 1. The number of nitrogens with zero attached hydrogens (tertiary/aromatic N) is 1. The Morgan fingerprint density at radius 1 is 1.47 bits per heavy atom. The lowest BCUT2D eigenvalue weighted by Gasteiger charge is -2.25. The molecule has 0 N–H and O–H groups in total. The van der Waals surface area contributed by atoms with Gasteiger partial charge in [0.1, 0.15) is 0 Å². The zero-order valence-electron chi connectivity index (χ0n) is 9.96. The van der Waals surface area contributed by atoms with Crippen LogP contribution in [0, 0.1) is 0 Å². The third-order valence-corrected chi connectivity index (χ3v) is 3.69. The Bertz CT molecular complexity index is 378. The van der Waals surface area contributed by atoms with Gasteiger partial charge in [-0.1, -0.05) is 23.7 Å². The summed E-state index contributed by atoms with van der Waals surface area (Å²) in [7, 11) is 2.04. The summed E-state index contributed by atoms with van der Waals surface area (Å²) >= 11 is 12.2. The second-order valence-corrected chi connectivity index (χ2v) is 5.07. The zero-order valence-corrected chi connectivity index (χ0v) is 11.5. The normalized spacial score (nSPS) is 19.6. The molecule has 0 radical (unpaired) electrons. The molecule has 2 nitrogen and oxygen atoms in total.